The topological polar surface area (TPSA) is 56.3 Å². The van der Waals surface area contributed by atoms with Crippen LogP contribution in [0.3, 0.4) is 0 Å². The predicted molar refractivity (Wildman–Crippen MR) is 64.2 cm³/mol. The van der Waals surface area contributed by atoms with Gasteiger partial charge in [0.2, 0.25) is 0 Å². The molecule has 0 saturated heterocycles. The molecule has 0 radical (unpaired) electrons. The van der Waals surface area contributed by atoms with Crippen molar-refractivity contribution >= 4 is 16.9 Å². The van der Waals surface area contributed by atoms with E-state index in [-0.39, 0.29) is 5.88 Å². The second-order valence-corrected chi connectivity index (χ2v) is 4.58. The van der Waals surface area contributed by atoms with Crippen LogP contribution in [0.25, 0.3) is 11.0 Å². The van der Waals surface area contributed by atoms with E-state index in [4.69, 9.17) is 4.42 Å². The van der Waals surface area contributed by atoms with Gasteiger partial charge in [-0.25, -0.2) is 0 Å². The third kappa shape index (κ3) is 1.44. The molecule has 88 valence electrons. The van der Waals surface area contributed by atoms with Gasteiger partial charge in [-0.15, -0.1) is 0 Å². The number of nitro groups is 1. The Morgan fingerprint density at radius 1 is 1.29 bits per heavy atom. The lowest BCUT2D eigenvalue weighted by Gasteiger charge is -2.14. The van der Waals surface area contributed by atoms with E-state index in [1.54, 1.807) is 6.92 Å². The van der Waals surface area contributed by atoms with Crippen molar-refractivity contribution in [2.24, 2.45) is 0 Å². The molecular weight excluding hydrogens is 218 g/mol. The molecule has 0 atom stereocenters. The van der Waals surface area contributed by atoms with Gasteiger partial charge in [-0.3, -0.25) is 10.1 Å². The minimum absolute atomic E-state index is 0.112. The maximum atomic E-state index is 10.9. The first-order valence-electron chi connectivity index (χ1n) is 5.86. The first kappa shape index (κ1) is 10.3. The molecule has 0 spiro atoms. The fourth-order valence-electron chi connectivity index (χ4n) is 2.67. The summed E-state index contributed by atoms with van der Waals surface area (Å²) in [6.45, 7) is 1.75. The van der Waals surface area contributed by atoms with Crippen molar-refractivity contribution in [3.05, 3.63) is 38.9 Å². The van der Waals surface area contributed by atoms with Crippen LogP contribution in [0.15, 0.2) is 16.5 Å². The van der Waals surface area contributed by atoms with Crippen molar-refractivity contribution in [3.63, 3.8) is 0 Å². The van der Waals surface area contributed by atoms with Gasteiger partial charge in [0.1, 0.15) is 10.5 Å². The number of furan rings is 1. The second kappa shape index (κ2) is 3.58. The van der Waals surface area contributed by atoms with E-state index in [1.807, 2.05) is 6.07 Å². The van der Waals surface area contributed by atoms with Crippen molar-refractivity contribution in [2.45, 2.75) is 32.6 Å². The standard InChI is InChI=1S/C13H13NO3/c1-8-10-7-6-9-4-2-3-5-11(9)12(10)17-13(8)14(15)16/h6-7H,2-5H2,1H3. The Kier molecular flexibility index (Phi) is 2.18. The summed E-state index contributed by atoms with van der Waals surface area (Å²) in [5, 5.41) is 11.8. The van der Waals surface area contributed by atoms with E-state index in [0.29, 0.717) is 5.56 Å². The molecule has 1 heterocycles. The highest BCUT2D eigenvalue weighted by atomic mass is 16.6. The molecule has 0 bridgehead atoms. The Bertz CT molecular complexity index is 613. The molecule has 0 unspecified atom stereocenters. The maximum absolute atomic E-state index is 10.9. The first-order valence-corrected chi connectivity index (χ1v) is 5.86. The van der Waals surface area contributed by atoms with Gasteiger partial charge in [0, 0.05) is 5.39 Å². The van der Waals surface area contributed by atoms with Crippen LogP contribution in [0, 0.1) is 17.0 Å². The fourth-order valence-corrected chi connectivity index (χ4v) is 2.67. The monoisotopic (exact) mass is 231 g/mol. The predicted octanol–water partition coefficient (Wildman–Crippen LogP) is 3.53. The molecule has 1 aliphatic carbocycles. The molecular formula is C13H13NO3. The van der Waals surface area contributed by atoms with Crippen LogP contribution in [0.5, 0.6) is 0 Å². The molecule has 1 aromatic carbocycles. The van der Waals surface area contributed by atoms with Gasteiger partial charge in [-0.2, -0.15) is 0 Å². The highest BCUT2D eigenvalue weighted by molar-refractivity contribution is 5.87. The van der Waals surface area contributed by atoms with Crippen molar-refractivity contribution in [1.82, 2.24) is 0 Å². The van der Waals surface area contributed by atoms with Gasteiger partial charge in [-0.1, -0.05) is 12.1 Å². The minimum atomic E-state index is -0.440. The number of hydrogen-bond donors (Lipinski definition) is 0. The lowest BCUT2D eigenvalue weighted by molar-refractivity contribution is -0.402. The van der Waals surface area contributed by atoms with Crippen LogP contribution >= 0.6 is 0 Å². The first-order chi connectivity index (χ1) is 8.18. The van der Waals surface area contributed by atoms with Crippen LogP contribution in [-0.4, -0.2) is 4.92 Å². The molecule has 17 heavy (non-hydrogen) atoms. The largest absolute Gasteiger partial charge is 0.437 e. The number of benzene rings is 1. The van der Waals surface area contributed by atoms with E-state index < -0.39 is 4.92 Å². The lowest BCUT2D eigenvalue weighted by Crippen LogP contribution is -2.02. The second-order valence-electron chi connectivity index (χ2n) is 4.58. The van der Waals surface area contributed by atoms with Crippen molar-refractivity contribution in [3.8, 4) is 0 Å². The summed E-state index contributed by atoms with van der Waals surface area (Å²) in [6.07, 6.45) is 4.36. The van der Waals surface area contributed by atoms with Crippen LogP contribution in [0.2, 0.25) is 0 Å². The molecule has 4 heteroatoms. The third-order valence-corrected chi connectivity index (χ3v) is 3.57. The Balaban J connectivity index is 2.33. The molecule has 2 aromatic rings. The Hall–Kier alpha value is -1.84. The van der Waals surface area contributed by atoms with Crippen LogP contribution in [0.4, 0.5) is 5.88 Å². The van der Waals surface area contributed by atoms with E-state index in [2.05, 4.69) is 6.07 Å². The van der Waals surface area contributed by atoms with E-state index in [0.717, 1.165) is 30.2 Å². The van der Waals surface area contributed by atoms with E-state index in [9.17, 15) is 10.1 Å². The molecule has 3 rings (SSSR count). The number of aryl methyl sites for hydroxylation is 3. The summed E-state index contributed by atoms with van der Waals surface area (Å²) in [4.78, 5) is 10.4. The molecule has 0 N–H and O–H groups in total. The molecule has 1 aromatic heterocycles. The molecule has 0 aliphatic heterocycles. The molecule has 4 nitrogen and oxygen atoms in total. The molecule has 0 fully saturated rings. The zero-order valence-corrected chi connectivity index (χ0v) is 9.66. The van der Waals surface area contributed by atoms with Crippen molar-refractivity contribution in [1.29, 1.82) is 0 Å². The summed E-state index contributed by atoms with van der Waals surface area (Å²) in [5.74, 6) is -0.112. The molecule has 0 amide bonds. The SMILES string of the molecule is Cc1c([N+](=O)[O-])oc2c3c(ccc12)CCCC3. The van der Waals surface area contributed by atoms with Crippen molar-refractivity contribution in [2.75, 3.05) is 0 Å². The Morgan fingerprint density at radius 2 is 2.06 bits per heavy atom. The highest BCUT2D eigenvalue weighted by Crippen LogP contribution is 2.36. The van der Waals surface area contributed by atoms with Crippen LogP contribution < -0.4 is 0 Å². The average molecular weight is 231 g/mol. The number of nitrogens with zero attached hydrogens (tertiary/aromatic N) is 1. The molecule has 1 aliphatic rings. The van der Waals surface area contributed by atoms with Gasteiger partial charge < -0.3 is 4.42 Å². The van der Waals surface area contributed by atoms with Gasteiger partial charge in [0.15, 0.2) is 0 Å². The normalized spacial score (nSPS) is 14.9. The Labute approximate surface area is 98.4 Å². The summed E-state index contributed by atoms with van der Waals surface area (Å²) >= 11 is 0. The molecule has 0 saturated carbocycles. The van der Waals surface area contributed by atoms with Crippen LogP contribution in [-0.2, 0) is 12.8 Å². The van der Waals surface area contributed by atoms with Crippen molar-refractivity contribution < 1.29 is 9.34 Å². The van der Waals surface area contributed by atoms with Gasteiger partial charge >= 0.3 is 5.88 Å². The smallest absolute Gasteiger partial charge is 0.400 e. The minimum Gasteiger partial charge on any atom is -0.400 e. The maximum Gasteiger partial charge on any atom is 0.437 e. The fraction of sp³-hybridized carbons (Fsp3) is 0.385. The van der Waals surface area contributed by atoms with Gasteiger partial charge in [0.25, 0.3) is 0 Å². The van der Waals surface area contributed by atoms with Crippen LogP contribution in [0.1, 0.15) is 29.5 Å². The van der Waals surface area contributed by atoms with Gasteiger partial charge in [-0.05, 0) is 43.7 Å². The number of fused-ring (bicyclic) bond motifs is 3. The quantitative estimate of drug-likeness (QED) is 0.557. The highest BCUT2D eigenvalue weighted by Gasteiger charge is 2.24. The third-order valence-electron chi connectivity index (χ3n) is 3.57. The average Bonchev–Trinajstić information content (AvgIpc) is 2.67. The summed E-state index contributed by atoms with van der Waals surface area (Å²) in [5.41, 5.74) is 3.82. The summed E-state index contributed by atoms with van der Waals surface area (Å²) < 4.78 is 5.46. The Morgan fingerprint density at radius 3 is 2.82 bits per heavy atom. The zero-order chi connectivity index (χ0) is 12.0. The lowest BCUT2D eigenvalue weighted by atomic mass is 9.90. The van der Waals surface area contributed by atoms with Gasteiger partial charge in [0.05, 0.1) is 5.56 Å². The zero-order valence-electron chi connectivity index (χ0n) is 9.66. The summed E-state index contributed by atoms with van der Waals surface area (Å²) in [6, 6.07) is 4.04. The summed E-state index contributed by atoms with van der Waals surface area (Å²) in [7, 11) is 0. The number of hydrogen-bond acceptors (Lipinski definition) is 3. The number of rotatable bonds is 1. The van der Waals surface area contributed by atoms with E-state index in [1.165, 1.54) is 17.5 Å². The van der Waals surface area contributed by atoms with E-state index >= 15 is 0 Å².